The average Bonchev–Trinajstić information content (AvgIpc) is 2.48. The summed E-state index contributed by atoms with van der Waals surface area (Å²) in [5, 5.41) is 0.203. The SMILES string of the molecule is COc1cc(N)c(Cl)cc1C(=O)N1CCC(C(F)(F)F)CC1.Cl. The normalized spacial score (nSPS) is 16.0. The lowest BCUT2D eigenvalue weighted by Gasteiger charge is -2.33. The first kappa shape index (κ1) is 19.7. The van der Waals surface area contributed by atoms with E-state index in [1.165, 1.54) is 24.1 Å². The van der Waals surface area contributed by atoms with E-state index in [0.717, 1.165) is 0 Å². The van der Waals surface area contributed by atoms with Crippen molar-refractivity contribution >= 4 is 35.6 Å². The highest BCUT2D eigenvalue weighted by Gasteiger charge is 2.42. The predicted octanol–water partition coefficient (Wildman–Crippen LogP) is 3.77. The third-order valence-corrected chi connectivity index (χ3v) is 4.12. The number of methoxy groups -OCH3 is 1. The van der Waals surface area contributed by atoms with Gasteiger partial charge in [0.05, 0.1) is 29.3 Å². The minimum absolute atomic E-state index is 0. The second-order valence-corrected chi connectivity index (χ2v) is 5.59. The number of hydrogen-bond donors (Lipinski definition) is 1. The smallest absolute Gasteiger partial charge is 0.391 e. The first-order valence-corrected chi connectivity index (χ1v) is 7.10. The number of hydrogen-bond acceptors (Lipinski definition) is 3. The number of nitrogens with two attached hydrogens (primary N) is 1. The maximum Gasteiger partial charge on any atom is 0.391 e. The van der Waals surface area contributed by atoms with Gasteiger partial charge in [-0.05, 0) is 18.9 Å². The zero-order valence-corrected chi connectivity index (χ0v) is 13.9. The molecule has 2 rings (SSSR count). The van der Waals surface area contributed by atoms with Gasteiger partial charge in [0.15, 0.2) is 0 Å². The van der Waals surface area contributed by atoms with Gasteiger partial charge in [-0.15, -0.1) is 12.4 Å². The topological polar surface area (TPSA) is 55.6 Å². The molecule has 0 radical (unpaired) electrons. The number of likely N-dealkylation sites (tertiary alicyclic amines) is 1. The van der Waals surface area contributed by atoms with E-state index in [0.29, 0.717) is 0 Å². The Kier molecular flexibility index (Phi) is 6.41. The summed E-state index contributed by atoms with van der Waals surface area (Å²) < 4.78 is 43.1. The molecule has 1 fully saturated rings. The van der Waals surface area contributed by atoms with Crippen LogP contribution in [0.25, 0.3) is 0 Å². The summed E-state index contributed by atoms with van der Waals surface area (Å²) in [4.78, 5) is 13.8. The number of alkyl halides is 3. The van der Waals surface area contributed by atoms with Gasteiger partial charge in [-0.3, -0.25) is 4.79 Å². The van der Waals surface area contributed by atoms with Crippen LogP contribution < -0.4 is 10.5 Å². The monoisotopic (exact) mass is 372 g/mol. The zero-order chi connectivity index (χ0) is 16.5. The van der Waals surface area contributed by atoms with Gasteiger partial charge in [0.1, 0.15) is 5.75 Å². The van der Waals surface area contributed by atoms with Crippen LogP contribution in [0.3, 0.4) is 0 Å². The molecule has 0 saturated carbocycles. The third kappa shape index (κ3) is 4.35. The lowest BCUT2D eigenvalue weighted by Crippen LogP contribution is -2.42. The molecule has 1 aliphatic heterocycles. The summed E-state index contributed by atoms with van der Waals surface area (Å²) in [5.41, 5.74) is 6.12. The van der Waals surface area contributed by atoms with Crippen molar-refractivity contribution in [3.63, 3.8) is 0 Å². The summed E-state index contributed by atoms with van der Waals surface area (Å²) in [6.07, 6.45) is -4.40. The Bertz CT molecular complexity index is 574. The van der Waals surface area contributed by atoms with Crippen LogP contribution in [0.2, 0.25) is 5.02 Å². The van der Waals surface area contributed by atoms with E-state index in [9.17, 15) is 18.0 Å². The van der Waals surface area contributed by atoms with Gasteiger partial charge < -0.3 is 15.4 Å². The van der Waals surface area contributed by atoms with Crippen LogP contribution in [-0.2, 0) is 0 Å². The molecular weight excluding hydrogens is 356 g/mol. The third-order valence-electron chi connectivity index (χ3n) is 3.79. The van der Waals surface area contributed by atoms with Crippen LogP contribution in [0, 0.1) is 5.92 Å². The molecule has 4 nitrogen and oxygen atoms in total. The molecule has 0 atom stereocenters. The van der Waals surface area contributed by atoms with Crippen molar-refractivity contribution in [2.24, 2.45) is 5.92 Å². The standard InChI is InChI=1S/C14H16ClF3N2O2.ClH/c1-22-12-7-11(19)10(15)6-9(12)13(21)20-4-2-8(3-5-20)14(16,17)18;/h6-8H,2-5,19H2,1H3;1H. The highest BCUT2D eigenvalue weighted by Crippen LogP contribution is 2.35. The van der Waals surface area contributed by atoms with E-state index in [2.05, 4.69) is 0 Å². The fourth-order valence-electron chi connectivity index (χ4n) is 2.49. The highest BCUT2D eigenvalue weighted by molar-refractivity contribution is 6.33. The largest absolute Gasteiger partial charge is 0.496 e. The molecule has 1 aromatic carbocycles. The van der Waals surface area contributed by atoms with Crippen LogP contribution in [-0.4, -0.2) is 37.2 Å². The Morgan fingerprint density at radius 3 is 2.39 bits per heavy atom. The molecule has 23 heavy (non-hydrogen) atoms. The molecule has 1 aliphatic rings. The van der Waals surface area contributed by atoms with Crippen molar-refractivity contribution in [2.75, 3.05) is 25.9 Å². The Morgan fingerprint density at radius 2 is 1.91 bits per heavy atom. The first-order valence-electron chi connectivity index (χ1n) is 6.73. The molecule has 9 heteroatoms. The number of nitrogen functional groups attached to an aromatic ring is 1. The molecule has 0 unspecified atom stereocenters. The second-order valence-electron chi connectivity index (χ2n) is 5.18. The molecular formula is C14H17Cl2F3N2O2. The summed E-state index contributed by atoms with van der Waals surface area (Å²) in [5.74, 6) is -1.50. The van der Waals surface area contributed by atoms with Gasteiger partial charge >= 0.3 is 6.18 Å². The molecule has 1 amide bonds. The summed E-state index contributed by atoms with van der Waals surface area (Å²) in [6.45, 7) is 0.0995. The molecule has 0 bridgehead atoms. The Morgan fingerprint density at radius 1 is 1.35 bits per heavy atom. The number of amides is 1. The fourth-order valence-corrected chi connectivity index (χ4v) is 2.65. The van der Waals surface area contributed by atoms with Gasteiger partial charge in [-0.1, -0.05) is 11.6 Å². The van der Waals surface area contributed by atoms with Gasteiger partial charge in [-0.25, -0.2) is 0 Å². The summed E-state index contributed by atoms with van der Waals surface area (Å²) >= 11 is 5.91. The lowest BCUT2D eigenvalue weighted by atomic mass is 9.95. The number of nitrogens with zero attached hydrogens (tertiary/aromatic N) is 1. The number of piperidine rings is 1. The molecule has 0 spiro atoms. The van der Waals surface area contributed by atoms with Crippen LogP contribution in [0.1, 0.15) is 23.2 Å². The summed E-state index contributed by atoms with van der Waals surface area (Å²) in [7, 11) is 1.38. The average molecular weight is 373 g/mol. The van der Waals surface area contributed by atoms with Crippen LogP contribution in [0.5, 0.6) is 5.75 Å². The van der Waals surface area contributed by atoms with Crippen molar-refractivity contribution in [1.82, 2.24) is 4.90 Å². The van der Waals surface area contributed by atoms with Crippen molar-refractivity contribution in [3.05, 3.63) is 22.7 Å². The van der Waals surface area contributed by atoms with Crippen molar-refractivity contribution < 1.29 is 22.7 Å². The molecule has 130 valence electrons. The Hall–Kier alpha value is -1.34. The maximum atomic E-state index is 12.7. The van der Waals surface area contributed by atoms with E-state index in [4.69, 9.17) is 22.1 Å². The molecule has 1 aromatic rings. The Labute approximate surface area is 143 Å². The van der Waals surface area contributed by atoms with Crippen molar-refractivity contribution in [2.45, 2.75) is 19.0 Å². The molecule has 1 heterocycles. The van der Waals surface area contributed by atoms with E-state index in [-0.39, 0.29) is 60.4 Å². The van der Waals surface area contributed by atoms with E-state index >= 15 is 0 Å². The van der Waals surface area contributed by atoms with Gasteiger partial charge in [0.2, 0.25) is 0 Å². The number of halogens is 5. The quantitative estimate of drug-likeness (QED) is 0.803. The zero-order valence-electron chi connectivity index (χ0n) is 12.3. The lowest BCUT2D eigenvalue weighted by molar-refractivity contribution is -0.183. The van der Waals surface area contributed by atoms with Crippen LogP contribution >= 0.6 is 24.0 Å². The Balaban J connectivity index is 0.00000264. The minimum atomic E-state index is -4.21. The number of carbonyl (C=O) groups excluding carboxylic acids is 1. The second kappa shape index (κ2) is 7.49. The number of benzene rings is 1. The summed E-state index contributed by atoms with van der Waals surface area (Å²) in [6, 6.07) is 2.81. The number of anilines is 1. The number of ether oxygens (including phenoxy) is 1. The first-order chi connectivity index (χ1) is 10.2. The minimum Gasteiger partial charge on any atom is -0.496 e. The predicted molar refractivity (Wildman–Crippen MR) is 84.3 cm³/mol. The van der Waals surface area contributed by atoms with Crippen molar-refractivity contribution in [3.8, 4) is 5.75 Å². The van der Waals surface area contributed by atoms with E-state index in [1.54, 1.807) is 0 Å². The maximum absolute atomic E-state index is 12.7. The molecule has 1 saturated heterocycles. The van der Waals surface area contributed by atoms with Gasteiger partial charge in [-0.2, -0.15) is 13.2 Å². The van der Waals surface area contributed by atoms with E-state index < -0.39 is 18.0 Å². The molecule has 2 N–H and O–H groups in total. The molecule has 0 aromatic heterocycles. The van der Waals surface area contributed by atoms with Crippen molar-refractivity contribution in [1.29, 1.82) is 0 Å². The van der Waals surface area contributed by atoms with Gasteiger partial charge in [0.25, 0.3) is 5.91 Å². The van der Waals surface area contributed by atoms with Crippen LogP contribution in [0.15, 0.2) is 12.1 Å². The number of carbonyl (C=O) groups is 1. The van der Waals surface area contributed by atoms with E-state index in [1.807, 2.05) is 0 Å². The number of rotatable bonds is 2. The van der Waals surface area contributed by atoms with Crippen LogP contribution in [0.4, 0.5) is 18.9 Å². The highest BCUT2D eigenvalue weighted by atomic mass is 35.5. The molecule has 0 aliphatic carbocycles. The fraction of sp³-hybridized carbons (Fsp3) is 0.500. The van der Waals surface area contributed by atoms with Gasteiger partial charge in [0, 0.05) is 19.2 Å².